The van der Waals surface area contributed by atoms with Crippen LogP contribution in [0.3, 0.4) is 0 Å². The summed E-state index contributed by atoms with van der Waals surface area (Å²) in [6.07, 6.45) is 8.25. The molecule has 0 amide bonds. The van der Waals surface area contributed by atoms with Crippen LogP contribution < -0.4 is 15.2 Å². The third kappa shape index (κ3) is 4.26. The molecule has 0 fully saturated rings. The maximum Gasteiger partial charge on any atom is 0.145 e. The zero-order chi connectivity index (χ0) is 33.3. The molecule has 50 heavy (non-hydrogen) atoms. The molecule has 0 bridgehead atoms. The van der Waals surface area contributed by atoms with Gasteiger partial charge in [-0.1, -0.05) is 116 Å². The van der Waals surface area contributed by atoms with Crippen LogP contribution in [0.5, 0.6) is 0 Å². The van der Waals surface area contributed by atoms with Gasteiger partial charge in [-0.15, -0.1) is 29.1 Å². The molecule has 1 atom stereocenters. The zero-order valence-corrected chi connectivity index (χ0v) is 29.0. The van der Waals surface area contributed by atoms with Gasteiger partial charge in [-0.2, -0.15) is 0 Å². The molecule has 0 saturated heterocycles. The Hall–Kier alpha value is -5.67. The number of fused-ring (bicyclic) bond motifs is 10. The Balaban J connectivity index is 1.23. The van der Waals surface area contributed by atoms with E-state index in [2.05, 4.69) is 150 Å². The van der Waals surface area contributed by atoms with E-state index in [1.54, 1.807) is 11.3 Å². The largest absolute Gasteiger partial charge is 0.358 e. The van der Waals surface area contributed by atoms with Crippen molar-refractivity contribution in [3.8, 4) is 18.0 Å². The molecule has 0 saturated carbocycles. The van der Waals surface area contributed by atoms with Crippen molar-refractivity contribution in [2.24, 2.45) is 4.99 Å². The quantitative estimate of drug-likeness (QED) is 0.181. The van der Waals surface area contributed by atoms with E-state index in [4.69, 9.17) is 11.4 Å². The fourth-order valence-corrected chi connectivity index (χ4v) is 10.4. The minimum Gasteiger partial charge on any atom is -0.358 e. The van der Waals surface area contributed by atoms with Gasteiger partial charge < -0.3 is 9.88 Å². The van der Waals surface area contributed by atoms with E-state index in [0.717, 1.165) is 51.8 Å². The highest BCUT2D eigenvalue weighted by Gasteiger charge is 2.25. The smallest absolute Gasteiger partial charge is 0.145 e. The van der Waals surface area contributed by atoms with E-state index in [9.17, 15) is 0 Å². The molecule has 5 heteroatoms. The van der Waals surface area contributed by atoms with Gasteiger partial charge in [0.05, 0.1) is 31.3 Å². The highest BCUT2D eigenvalue weighted by Crippen LogP contribution is 2.47. The summed E-state index contributed by atoms with van der Waals surface area (Å²) in [5.74, 6) is 3.19. The normalized spacial score (nSPS) is 14.3. The average molecular weight is 678 g/mol. The van der Waals surface area contributed by atoms with E-state index in [-0.39, 0.29) is 6.17 Å². The van der Waals surface area contributed by atoms with Gasteiger partial charge in [-0.05, 0) is 53.4 Å². The predicted octanol–water partition coefficient (Wildman–Crippen LogP) is 10.4. The lowest BCUT2D eigenvalue weighted by molar-refractivity contribution is 0.639. The summed E-state index contributed by atoms with van der Waals surface area (Å²) in [4.78, 5) is 5.25. The molecular formula is C45H31N3S2. The summed E-state index contributed by atoms with van der Waals surface area (Å²) in [6, 6.07) is 45.7. The average Bonchev–Trinajstić information content (AvgIpc) is 3.85. The molecular weight excluding hydrogens is 647 g/mol. The van der Waals surface area contributed by atoms with Gasteiger partial charge >= 0.3 is 0 Å². The number of benzene rings is 6. The molecule has 6 aromatic carbocycles. The minimum atomic E-state index is -0.172. The number of aryl methyl sites for hydroxylation is 1. The van der Waals surface area contributed by atoms with Crippen LogP contribution >= 0.6 is 22.7 Å². The fraction of sp³-hybridized carbons (Fsp3) is 0.0889. The number of rotatable bonds is 5. The minimum absolute atomic E-state index is 0.172. The van der Waals surface area contributed by atoms with E-state index >= 15 is 0 Å². The number of nitrogens with zero attached hydrogens (tertiary/aromatic N) is 2. The van der Waals surface area contributed by atoms with Crippen LogP contribution in [0.4, 0.5) is 0 Å². The van der Waals surface area contributed by atoms with E-state index in [1.807, 2.05) is 11.3 Å². The first kappa shape index (κ1) is 29.3. The lowest BCUT2D eigenvalue weighted by Gasteiger charge is -2.22. The van der Waals surface area contributed by atoms with Crippen molar-refractivity contribution in [3.63, 3.8) is 0 Å². The molecule has 0 spiro atoms. The molecule has 4 heterocycles. The first-order chi connectivity index (χ1) is 24.7. The first-order valence-electron chi connectivity index (χ1n) is 17.1. The Morgan fingerprint density at radius 1 is 0.740 bits per heavy atom. The number of aromatic nitrogens is 1. The van der Waals surface area contributed by atoms with E-state index < -0.39 is 0 Å². The molecule has 3 nitrogen and oxygen atoms in total. The third-order valence-electron chi connectivity index (χ3n) is 10.0. The number of nitrogens with one attached hydrogen (secondary N) is 1. The second-order valence-electron chi connectivity index (χ2n) is 12.9. The fourth-order valence-electron chi connectivity index (χ4n) is 7.90. The monoisotopic (exact) mass is 677 g/mol. The van der Waals surface area contributed by atoms with Crippen LogP contribution in [0.1, 0.15) is 41.8 Å². The number of hydrogen-bond donors (Lipinski definition) is 1. The molecule has 1 N–H and O–H groups in total. The lowest BCUT2D eigenvalue weighted by atomic mass is 9.93. The standard InChI is InChI=1S/C45H31N3S2/c1-3-14-31-30(4-2)38-32-17-8-11-20-35(32)48(42(38)43-39(31)33-18-9-12-21-36(33)49-43)29-25-23-27(24-26-29)40-44-41(34-19-10-13-22-37(34)50-44)47-45(46-40)28-15-6-5-7-16-28/h2,5-13,15-26,45-46H,3,14H2,1H3. The van der Waals surface area contributed by atoms with Crippen LogP contribution in [-0.4, -0.2) is 4.57 Å². The second kappa shape index (κ2) is 11.5. The summed E-state index contributed by atoms with van der Waals surface area (Å²) in [5, 5.41) is 11.1. The molecule has 9 aromatic rings. The summed E-state index contributed by atoms with van der Waals surface area (Å²) < 4.78 is 7.45. The van der Waals surface area contributed by atoms with Crippen molar-refractivity contribution in [2.75, 3.05) is 0 Å². The molecule has 3 aromatic heterocycles. The molecule has 0 radical (unpaired) electrons. The summed E-state index contributed by atoms with van der Waals surface area (Å²) in [7, 11) is 0. The summed E-state index contributed by atoms with van der Waals surface area (Å²) >= 11 is 3.68. The maximum atomic E-state index is 6.44. The van der Waals surface area contributed by atoms with Crippen molar-refractivity contribution in [2.45, 2.75) is 25.9 Å². The van der Waals surface area contributed by atoms with Gasteiger partial charge in [0.1, 0.15) is 6.17 Å². The molecule has 1 unspecified atom stereocenters. The van der Waals surface area contributed by atoms with Gasteiger partial charge in [0.2, 0.25) is 0 Å². The van der Waals surface area contributed by atoms with E-state index in [1.165, 1.54) is 56.6 Å². The van der Waals surface area contributed by atoms with Crippen LogP contribution in [0.2, 0.25) is 0 Å². The number of para-hydroxylation sites is 1. The zero-order valence-electron chi connectivity index (χ0n) is 27.4. The van der Waals surface area contributed by atoms with Gasteiger partial charge in [0.25, 0.3) is 0 Å². The van der Waals surface area contributed by atoms with Gasteiger partial charge in [0.15, 0.2) is 0 Å². The van der Waals surface area contributed by atoms with Crippen molar-refractivity contribution in [1.29, 1.82) is 0 Å². The van der Waals surface area contributed by atoms with Crippen molar-refractivity contribution in [1.82, 2.24) is 9.88 Å². The van der Waals surface area contributed by atoms with Gasteiger partial charge in [0, 0.05) is 47.6 Å². The van der Waals surface area contributed by atoms with Gasteiger partial charge in [-0.25, -0.2) is 0 Å². The number of thiophene rings is 2. The molecule has 10 rings (SSSR count). The van der Waals surface area contributed by atoms with Crippen LogP contribution in [0, 0.1) is 12.3 Å². The van der Waals surface area contributed by atoms with Crippen molar-refractivity contribution >= 4 is 80.4 Å². The van der Waals surface area contributed by atoms with Crippen LogP contribution in [-0.2, 0) is 6.42 Å². The summed E-state index contributed by atoms with van der Waals surface area (Å²) in [5.41, 5.74) is 9.20. The second-order valence-corrected chi connectivity index (χ2v) is 15.0. The first-order valence-corrected chi connectivity index (χ1v) is 18.7. The van der Waals surface area contributed by atoms with E-state index in [0.29, 0.717) is 0 Å². The van der Waals surface area contributed by atoms with Crippen molar-refractivity contribution in [3.05, 3.63) is 160 Å². The molecule has 0 aliphatic carbocycles. The Kier molecular flexibility index (Phi) is 6.70. The Labute approximate surface area is 297 Å². The highest BCUT2D eigenvalue weighted by atomic mass is 32.1. The lowest BCUT2D eigenvalue weighted by Crippen LogP contribution is -2.37. The molecule has 1 aliphatic rings. The topological polar surface area (TPSA) is 29.3 Å². The number of terminal acetylenes is 1. The third-order valence-corrected chi connectivity index (χ3v) is 12.4. The Morgan fingerprint density at radius 3 is 2.18 bits per heavy atom. The highest BCUT2D eigenvalue weighted by molar-refractivity contribution is 7.26. The molecule has 1 aliphatic heterocycles. The predicted molar refractivity (Wildman–Crippen MR) is 213 cm³/mol. The molecule has 238 valence electrons. The Morgan fingerprint density at radius 2 is 1.42 bits per heavy atom. The Bertz CT molecular complexity index is 2970. The van der Waals surface area contributed by atoms with Crippen molar-refractivity contribution < 1.29 is 0 Å². The summed E-state index contributed by atoms with van der Waals surface area (Å²) in [6.45, 7) is 2.24. The van der Waals surface area contributed by atoms with Crippen LogP contribution in [0.15, 0.2) is 132 Å². The van der Waals surface area contributed by atoms with Crippen LogP contribution in [0.25, 0.3) is 63.4 Å². The SMILES string of the molecule is C#Cc1c(CCC)c2c3ccccc3sc2c2c1c1ccccc1n2-c1ccc(C2=c3sc4ccccc4c3=NC(c3ccccc3)N2)cc1. The maximum absolute atomic E-state index is 6.44. The van der Waals surface area contributed by atoms with Gasteiger partial charge in [-0.3, -0.25) is 4.99 Å². The number of hydrogen-bond acceptors (Lipinski definition) is 4.